The Bertz CT molecular complexity index is 1410. The van der Waals surface area contributed by atoms with Gasteiger partial charge in [-0.3, -0.25) is 9.89 Å². The van der Waals surface area contributed by atoms with Crippen molar-refractivity contribution in [1.29, 1.82) is 0 Å². The van der Waals surface area contributed by atoms with E-state index in [1.807, 2.05) is 45.0 Å². The Morgan fingerprint density at radius 1 is 1.14 bits per heavy atom. The fraction of sp³-hybridized carbons (Fsp3) is 0.259. The number of carbonyl (C=O) groups excluding carboxylic acids is 1. The highest BCUT2D eigenvalue weighted by Gasteiger charge is 2.43. The number of halogens is 1. The normalized spacial score (nSPS) is 14.8. The molecule has 1 amide bonds. The number of phenols is 1. The zero-order valence-electron chi connectivity index (χ0n) is 20.2. The van der Waals surface area contributed by atoms with Crippen LogP contribution in [0.25, 0.3) is 11.3 Å². The van der Waals surface area contributed by atoms with E-state index in [0.29, 0.717) is 58.0 Å². The number of hydrogen-bond acceptors (Lipinski definition) is 6. The Labute approximate surface area is 213 Å². The number of H-pyrrole nitrogens is 1. The molecule has 4 aromatic rings. The molecule has 5 rings (SSSR count). The van der Waals surface area contributed by atoms with E-state index in [1.54, 1.807) is 29.4 Å². The van der Waals surface area contributed by atoms with E-state index in [2.05, 4.69) is 10.2 Å². The van der Waals surface area contributed by atoms with Crippen molar-refractivity contribution in [3.63, 3.8) is 0 Å². The minimum atomic E-state index is -0.527. The first-order valence-electron chi connectivity index (χ1n) is 11.7. The number of nitrogens with zero attached hydrogens (tertiary/aromatic N) is 2. The van der Waals surface area contributed by atoms with Gasteiger partial charge in [-0.1, -0.05) is 17.7 Å². The largest absolute Gasteiger partial charge is 0.507 e. The quantitative estimate of drug-likeness (QED) is 0.309. The van der Waals surface area contributed by atoms with Gasteiger partial charge in [0.05, 0.1) is 32.1 Å². The van der Waals surface area contributed by atoms with Gasteiger partial charge in [-0.05, 0) is 68.3 Å². The summed E-state index contributed by atoms with van der Waals surface area (Å²) in [6.07, 6.45) is 1.58. The number of fused-ring (bicyclic) bond motifs is 1. The van der Waals surface area contributed by atoms with Crippen molar-refractivity contribution in [2.24, 2.45) is 0 Å². The number of phenolic OH excluding ortho intramolecular Hbond substituents is 1. The second-order valence-corrected chi connectivity index (χ2v) is 8.87. The lowest BCUT2D eigenvalue weighted by molar-refractivity contribution is 0.0716. The molecule has 2 aromatic heterocycles. The molecule has 1 atom stereocenters. The van der Waals surface area contributed by atoms with Crippen LogP contribution in [0.5, 0.6) is 17.2 Å². The summed E-state index contributed by atoms with van der Waals surface area (Å²) in [6.45, 7) is 6.83. The van der Waals surface area contributed by atoms with Gasteiger partial charge < -0.3 is 23.9 Å². The first kappa shape index (κ1) is 23.8. The zero-order chi connectivity index (χ0) is 25.4. The smallest absolute Gasteiger partial charge is 0.273 e. The summed E-state index contributed by atoms with van der Waals surface area (Å²) in [5, 5.41) is 18.6. The number of aromatic hydroxyl groups is 1. The van der Waals surface area contributed by atoms with E-state index in [9.17, 15) is 9.90 Å². The summed E-state index contributed by atoms with van der Waals surface area (Å²) in [6, 6.07) is 12.0. The van der Waals surface area contributed by atoms with Gasteiger partial charge in [0, 0.05) is 16.1 Å². The number of rotatable bonds is 8. The summed E-state index contributed by atoms with van der Waals surface area (Å²) in [5.74, 6) is 1.66. The van der Waals surface area contributed by atoms with Crippen molar-refractivity contribution in [1.82, 2.24) is 15.1 Å². The van der Waals surface area contributed by atoms with Crippen LogP contribution in [0.15, 0.2) is 53.1 Å². The molecule has 1 unspecified atom stereocenters. The predicted molar refractivity (Wildman–Crippen MR) is 135 cm³/mol. The number of aromatic amines is 1. The molecule has 0 aliphatic carbocycles. The first-order valence-corrected chi connectivity index (χ1v) is 12.1. The lowest BCUT2D eigenvalue weighted by Crippen LogP contribution is -2.29. The summed E-state index contributed by atoms with van der Waals surface area (Å²) in [7, 11) is 0. The van der Waals surface area contributed by atoms with Gasteiger partial charge in [0.2, 0.25) is 0 Å². The van der Waals surface area contributed by atoms with Gasteiger partial charge in [0.1, 0.15) is 22.9 Å². The highest BCUT2D eigenvalue weighted by Crippen LogP contribution is 2.47. The number of carbonyl (C=O) groups is 1. The molecule has 0 bridgehead atoms. The Morgan fingerprint density at radius 3 is 2.64 bits per heavy atom. The fourth-order valence-corrected chi connectivity index (χ4v) is 4.74. The van der Waals surface area contributed by atoms with Gasteiger partial charge in [-0.25, -0.2) is 0 Å². The van der Waals surface area contributed by atoms with E-state index < -0.39 is 6.04 Å². The number of ether oxygens (including phenoxy) is 2. The molecular formula is C27H26ClN3O5. The van der Waals surface area contributed by atoms with Crippen LogP contribution in [0, 0.1) is 6.92 Å². The molecule has 0 saturated heterocycles. The second kappa shape index (κ2) is 9.62. The van der Waals surface area contributed by atoms with E-state index in [1.165, 1.54) is 0 Å². The SMILES string of the molecule is CCOc1ccc(C2c3c(-c4cc(Cl)c(C)cc4O)n[nH]c3C(=O)N2Cc2ccco2)cc1OCC. The average Bonchev–Trinajstić information content (AvgIpc) is 3.58. The molecule has 1 aliphatic heterocycles. The predicted octanol–water partition coefficient (Wildman–Crippen LogP) is 5.88. The van der Waals surface area contributed by atoms with Crippen LogP contribution in [0.3, 0.4) is 0 Å². The van der Waals surface area contributed by atoms with Gasteiger partial charge >= 0.3 is 0 Å². The van der Waals surface area contributed by atoms with Crippen molar-refractivity contribution in [2.75, 3.05) is 13.2 Å². The third kappa shape index (κ3) is 4.07. The molecule has 186 valence electrons. The molecule has 8 nitrogen and oxygen atoms in total. The monoisotopic (exact) mass is 507 g/mol. The molecule has 2 aromatic carbocycles. The van der Waals surface area contributed by atoms with E-state index in [4.69, 9.17) is 25.5 Å². The first-order chi connectivity index (χ1) is 17.4. The molecule has 2 N–H and O–H groups in total. The van der Waals surface area contributed by atoms with Crippen molar-refractivity contribution >= 4 is 17.5 Å². The maximum absolute atomic E-state index is 13.6. The van der Waals surface area contributed by atoms with Crippen molar-refractivity contribution in [2.45, 2.75) is 33.4 Å². The molecule has 0 saturated carbocycles. The van der Waals surface area contributed by atoms with Crippen LogP contribution in [-0.2, 0) is 6.54 Å². The van der Waals surface area contributed by atoms with E-state index in [-0.39, 0.29) is 18.2 Å². The van der Waals surface area contributed by atoms with Crippen LogP contribution in [0.4, 0.5) is 0 Å². The van der Waals surface area contributed by atoms with E-state index >= 15 is 0 Å². The minimum Gasteiger partial charge on any atom is -0.507 e. The number of amides is 1. The number of hydrogen-bond donors (Lipinski definition) is 2. The van der Waals surface area contributed by atoms with Crippen LogP contribution in [-0.4, -0.2) is 39.3 Å². The lowest BCUT2D eigenvalue weighted by atomic mass is 9.95. The minimum absolute atomic E-state index is 0.0311. The standard InChI is InChI=1S/C27H26ClN3O5/c1-4-34-21-9-8-16(12-22(21)35-5-2)26-23-24(18-13-19(28)15(3)11-20(18)32)29-30-25(23)27(33)31(26)14-17-7-6-10-36-17/h6-13,26,32H,4-5,14H2,1-3H3,(H,29,30). The second-order valence-electron chi connectivity index (χ2n) is 8.47. The molecule has 1 aliphatic rings. The van der Waals surface area contributed by atoms with Gasteiger partial charge in [0.15, 0.2) is 11.5 Å². The Hall–Kier alpha value is -3.91. The average molecular weight is 508 g/mol. The topological polar surface area (TPSA) is 101 Å². The Morgan fingerprint density at radius 2 is 1.92 bits per heavy atom. The number of benzene rings is 2. The van der Waals surface area contributed by atoms with Crippen LogP contribution < -0.4 is 9.47 Å². The number of aromatic nitrogens is 2. The molecule has 9 heteroatoms. The maximum Gasteiger partial charge on any atom is 0.273 e. The van der Waals surface area contributed by atoms with Crippen LogP contribution >= 0.6 is 11.6 Å². The van der Waals surface area contributed by atoms with Crippen molar-refractivity contribution < 1.29 is 23.8 Å². The highest BCUT2D eigenvalue weighted by atomic mass is 35.5. The summed E-state index contributed by atoms with van der Waals surface area (Å²) >= 11 is 6.39. The molecule has 36 heavy (non-hydrogen) atoms. The Balaban J connectivity index is 1.68. The van der Waals surface area contributed by atoms with E-state index in [0.717, 1.165) is 11.1 Å². The highest BCUT2D eigenvalue weighted by molar-refractivity contribution is 6.31. The van der Waals surface area contributed by atoms with Gasteiger partial charge in [-0.15, -0.1) is 0 Å². The van der Waals surface area contributed by atoms with Gasteiger partial charge in [-0.2, -0.15) is 5.10 Å². The number of nitrogens with one attached hydrogen (secondary N) is 1. The fourth-order valence-electron chi connectivity index (χ4n) is 4.58. The zero-order valence-corrected chi connectivity index (χ0v) is 20.9. The summed E-state index contributed by atoms with van der Waals surface area (Å²) in [5.41, 5.74) is 3.44. The van der Waals surface area contributed by atoms with Crippen molar-refractivity contribution in [3.8, 4) is 28.5 Å². The summed E-state index contributed by atoms with van der Waals surface area (Å²) in [4.78, 5) is 15.3. The third-order valence-electron chi connectivity index (χ3n) is 6.19. The lowest BCUT2D eigenvalue weighted by Gasteiger charge is -2.26. The van der Waals surface area contributed by atoms with Crippen LogP contribution in [0.1, 0.15) is 52.8 Å². The molecule has 0 spiro atoms. The summed E-state index contributed by atoms with van der Waals surface area (Å²) < 4.78 is 17.2. The number of furan rings is 1. The molecule has 0 fully saturated rings. The molecular weight excluding hydrogens is 482 g/mol. The van der Waals surface area contributed by atoms with Crippen molar-refractivity contribution in [3.05, 3.63) is 81.9 Å². The maximum atomic E-state index is 13.6. The number of aryl methyl sites for hydroxylation is 1. The van der Waals surface area contributed by atoms with Gasteiger partial charge in [0.25, 0.3) is 5.91 Å². The molecule has 3 heterocycles. The molecule has 0 radical (unpaired) electrons. The van der Waals surface area contributed by atoms with Crippen LogP contribution in [0.2, 0.25) is 5.02 Å². The third-order valence-corrected chi connectivity index (χ3v) is 6.59. The Kier molecular flexibility index (Phi) is 6.36.